The van der Waals surface area contributed by atoms with Gasteiger partial charge in [0.1, 0.15) is 30.0 Å². The van der Waals surface area contributed by atoms with Crippen LogP contribution in [0.15, 0.2) is 79.0 Å². The number of hydrogen-bond donors (Lipinski definition) is 1. The zero-order valence-corrected chi connectivity index (χ0v) is 27.1. The van der Waals surface area contributed by atoms with Crippen LogP contribution in [-0.2, 0) is 4.79 Å². The van der Waals surface area contributed by atoms with Crippen LogP contribution in [0.1, 0.15) is 117 Å². The van der Waals surface area contributed by atoms with Gasteiger partial charge in [-0.25, -0.2) is 4.98 Å². The largest absolute Gasteiger partial charge is 0.490 e. The van der Waals surface area contributed by atoms with Crippen molar-refractivity contribution in [1.82, 2.24) is 4.98 Å². The van der Waals surface area contributed by atoms with E-state index in [9.17, 15) is 4.79 Å². The number of pyridine rings is 1. The van der Waals surface area contributed by atoms with Crippen LogP contribution >= 0.6 is 0 Å². The molecule has 0 amide bonds. The summed E-state index contributed by atoms with van der Waals surface area (Å²) >= 11 is 0. The number of nitrogens with zero attached hydrogens (tertiary/aromatic N) is 1. The van der Waals surface area contributed by atoms with Gasteiger partial charge in [0.15, 0.2) is 0 Å². The normalized spacial score (nSPS) is 11.2. The van der Waals surface area contributed by atoms with E-state index < -0.39 is 5.97 Å². The molecule has 6 nitrogen and oxygen atoms in total. The minimum atomic E-state index is -0.653. The second kappa shape index (κ2) is 24.9. The van der Waals surface area contributed by atoms with Crippen molar-refractivity contribution in [1.29, 1.82) is 0 Å². The van der Waals surface area contributed by atoms with Crippen LogP contribution in [0.25, 0.3) is 0 Å². The van der Waals surface area contributed by atoms with Crippen LogP contribution in [0.2, 0.25) is 0 Å². The van der Waals surface area contributed by atoms with Crippen molar-refractivity contribution in [2.24, 2.45) is 0 Å². The summed E-state index contributed by atoms with van der Waals surface area (Å²) in [4.78, 5) is 14.5. The number of carboxylic acid groups (broad SMARTS) is 1. The lowest BCUT2D eigenvalue weighted by Crippen LogP contribution is -2.21. The fourth-order valence-corrected chi connectivity index (χ4v) is 4.75. The fourth-order valence-electron chi connectivity index (χ4n) is 4.75. The second-order valence-electron chi connectivity index (χ2n) is 11.4. The lowest BCUT2D eigenvalue weighted by atomic mass is 10.0. The van der Waals surface area contributed by atoms with Gasteiger partial charge in [0, 0.05) is 18.7 Å². The summed E-state index contributed by atoms with van der Waals surface area (Å²) in [7, 11) is 0. The zero-order chi connectivity index (χ0) is 31.5. The van der Waals surface area contributed by atoms with Crippen LogP contribution in [0.4, 0.5) is 0 Å². The number of benzene rings is 2. The summed E-state index contributed by atoms with van der Waals surface area (Å²) < 4.78 is 17.2. The van der Waals surface area contributed by atoms with E-state index in [4.69, 9.17) is 19.3 Å². The van der Waals surface area contributed by atoms with Gasteiger partial charge >= 0.3 is 5.97 Å². The van der Waals surface area contributed by atoms with Crippen molar-refractivity contribution in [2.75, 3.05) is 6.61 Å². The molecule has 0 aliphatic heterocycles. The maximum Gasteiger partial charge on any atom is 0.303 e. The Balaban J connectivity index is 0.000000314. The molecule has 0 saturated carbocycles. The first-order valence-electron chi connectivity index (χ1n) is 16.8. The monoisotopic (exact) mass is 605 g/mol. The molecule has 3 rings (SSSR count). The van der Waals surface area contributed by atoms with E-state index in [-0.39, 0.29) is 6.10 Å². The molecule has 1 unspecified atom stereocenters. The van der Waals surface area contributed by atoms with Crippen molar-refractivity contribution < 1.29 is 24.1 Å². The lowest BCUT2D eigenvalue weighted by Gasteiger charge is -2.15. The smallest absolute Gasteiger partial charge is 0.303 e. The van der Waals surface area contributed by atoms with Gasteiger partial charge in [0.05, 0.1) is 0 Å². The van der Waals surface area contributed by atoms with Crippen LogP contribution in [0, 0.1) is 0 Å². The number of aromatic nitrogens is 1. The molecule has 242 valence electrons. The average Bonchev–Trinajstić information content (AvgIpc) is 3.04. The number of unbranched alkanes of at least 4 members (excludes halogenated alkanes) is 14. The number of hydrogen-bond acceptors (Lipinski definition) is 5. The Labute approximate surface area is 266 Å². The molecule has 6 heteroatoms. The van der Waals surface area contributed by atoms with E-state index in [0.717, 1.165) is 30.1 Å². The number of carboxylic acids is 1. The standard InChI is InChI=1S/C20H19NO3.C18H36O2/c1-16(23-20-9-5-6-14-21-20)15-22-17-10-12-19(13-11-17)24-18-7-3-2-4-8-18;1-2-3-4-5-6-7-8-9-10-11-12-13-14-15-16-17-18(19)20/h2-14,16H,15H2,1H3;2-17H2,1H3,(H,19,20). The first kappa shape index (κ1) is 36.7. The molecule has 3 aromatic rings. The minimum absolute atomic E-state index is 0.0971. The van der Waals surface area contributed by atoms with Crippen molar-refractivity contribution in [2.45, 2.75) is 123 Å². The van der Waals surface area contributed by atoms with Gasteiger partial charge in [0.25, 0.3) is 0 Å². The highest BCUT2D eigenvalue weighted by Gasteiger charge is 2.06. The van der Waals surface area contributed by atoms with E-state index in [1.807, 2.05) is 79.7 Å². The molecule has 1 aromatic heterocycles. The number of ether oxygens (including phenoxy) is 3. The number of carbonyl (C=O) groups is 1. The number of aliphatic carboxylic acids is 1. The Bertz CT molecular complexity index is 1080. The SMILES string of the molecule is CC(COc1ccc(Oc2ccccc2)cc1)Oc1ccccn1.CCCCCCCCCCCCCCCCCC(=O)O. The molecule has 0 saturated heterocycles. The van der Waals surface area contributed by atoms with Crippen molar-refractivity contribution >= 4 is 5.97 Å². The highest BCUT2D eigenvalue weighted by atomic mass is 16.5. The molecular formula is C38H55NO5. The third-order valence-electron chi connectivity index (χ3n) is 7.24. The molecule has 0 fully saturated rings. The summed E-state index contributed by atoms with van der Waals surface area (Å²) in [6.07, 6.45) is 21.8. The summed E-state index contributed by atoms with van der Waals surface area (Å²) in [6.45, 7) is 4.66. The van der Waals surface area contributed by atoms with E-state index in [1.54, 1.807) is 6.20 Å². The van der Waals surface area contributed by atoms with E-state index in [0.29, 0.717) is 18.9 Å². The third-order valence-corrected chi connectivity index (χ3v) is 7.24. The predicted molar refractivity (Wildman–Crippen MR) is 180 cm³/mol. The van der Waals surface area contributed by atoms with Crippen LogP contribution in [0.3, 0.4) is 0 Å². The molecule has 0 aliphatic carbocycles. The Hall–Kier alpha value is -3.54. The van der Waals surface area contributed by atoms with Gasteiger partial charge < -0.3 is 19.3 Å². The summed E-state index contributed by atoms with van der Waals surface area (Å²) in [6, 6.07) is 22.8. The maximum atomic E-state index is 10.3. The molecule has 1 heterocycles. The molecule has 0 bridgehead atoms. The summed E-state index contributed by atoms with van der Waals surface area (Å²) in [5, 5.41) is 8.52. The molecular weight excluding hydrogens is 550 g/mol. The van der Waals surface area contributed by atoms with Gasteiger partial charge in [-0.05, 0) is 55.8 Å². The first-order chi connectivity index (χ1) is 21.6. The second-order valence-corrected chi connectivity index (χ2v) is 11.4. The van der Waals surface area contributed by atoms with Gasteiger partial charge in [-0.2, -0.15) is 0 Å². The topological polar surface area (TPSA) is 77.9 Å². The highest BCUT2D eigenvalue weighted by molar-refractivity contribution is 5.66. The Kier molecular flexibility index (Phi) is 20.7. The molecule has 1 N–H and O–H groups in total. The van der Waals surface area contributed by atoms with Gasteiger partial charge in [-0.15, -0.1) is 0 Å². The average molecular weight is 606 g/mol. The van der Waals surface area contributed by atoms with E-state index in [1.165, 1.54) is 83.5 Å². The highest BCUT2D eigenvalue weighted by Crippen LogP contribution is 2.23. The number of rotatable bonds is 23. The predicted octanol–water partition coefficient (Wildman–Crippen LogP) is 11.1. The van der Waals surface area contributed by atoms with Crippen molar-refractivity contribution in [3.05, 3.63) is 79.0 Å². The van der Waals surface area contributed by atoms with Crippen LogP contribution < -0.4 is 14.2 Å². The molecule has 1 atom stereocenters. The van der Waals surface area contributed by atoms with Gasteiger partial charge in [-0.1, -0.05) is 121 Å². The third kappa shape index (κ3) is 19.6. The van der Waals surface area contributed by atoms with Gasteiger partial charge in [-0.3, -0.25) is 4.79 Å². The molecule has 44 heavy (non-hydrogen) atoms. The van der Waals surface area contributed by atoms with Gasteiger partial charge in [0.2, 0.25) is 5.88 Å². The summed E-state index contributed by atoms with van der Waals surface area (Å²) in [5.74, 6) is 2.29. The van der Waals surface area contributed by atoms with Crippen LogP contribution in [-0.4, -0.2) is 28.8 Å². The fraction of sp³-hybridized carbons (Fsp3) is 0.526. The van der Waals surface area contributed by atoms with Crippen molar-refractivity contribution in [3.8, 4) is 23.1 Å². The summed E-state index contributed by atoms with van der Waals surface area (Å²) in [5.41, 5.74) is 0. The Morgan fingerprint density at radius 3 is 1.68 bits per heavy atom. The Morgan fingerprint density at radius 1 is 0.659 bits per heavy atom. The molecule has 2 aromatic carbocycles. The first-order valence-corrected chi connectivity index (χ1v) is 16.8. The Morgan fingerprint density at radius 2 is 1.16 bits per heavy atom. The van der Waals surface area contributed by atoms with Crippen LogP contribution in [0.5, 0.6) is 23.1 Å². The maximum absolute atomic E-state index is 10.3. The van der Waals surface area contributed by atoms with Crippen molar-refractivity contribution in [3.63, 3.8) is 0 Å². The zero-order valence-electron chi connectivity index (χ0n) is 27.1. The number of para-hydroxylation sites is 1. The molecule has 0 aliphatic rings. The van der Waals surface area contributed by atoms with E-state index in [2.05, 4.69) is 11.9 Å². The minimum Gasteiger partial charge on any atom is -0.490 e. The lowest BCUT2D eigenvalue weighted by molar-refractivity contribution is -0.137. The quantitative estimate of drug-likeness (QED) is 0.108. The van der Waals surface area contributed by atoms with E-state index >= 15 is 0 Å². The molecule has 0 spiro atoms. The molecule has 0 radical (unpaired) electrons.